The van der Waals surface area contributed by atoms with E-state index in [1.54, 1.807) is 12.1 Å². The van der Waals surface area contributed by atoms with Crippen LogP contribution in [0.3, 0.4) is 0 Å². The summed E-state index contributed by atoms with van der Waals surface area (Å²) in [6.07, 6.45) is 1.82. The lowest BCUT2D eigenvalue weighted by Gasteiger charge is -2.19. The average molecular weight is 392 g/mol. The predicted molar refractivity (Wildman–Crippen MR) is 102 cm³/mol. The first-order valence-corrected chi connectivity index (χ1v) is 9.18. The minimum atomic E-state index is -0.755. The molecule has 5 rings (SSSR count). The largest absolute Gasteiger partial charge is 0.506 e. The van der Waals surface area contributed by atoms with Crippen molar-refractivity contribution in [3.05, 3.63) is 58.5 Å². The SMILES string of the molecule is O=C(NC1CCNC1)c1coc2c1C(=O)c1c(c(O)c3ccccc3c1O)C2=O. The van der Waals surface area contributed by atoms with Crippen molar-refractivity contribution in [1.82, 2.24) is 10.6 Å². The highest BCUT2D eigenvalue weighted by atomic mass is 16.3. The predicted octanol–water partition coefficient (Wildman–Crippen LogP) is 1.71. The van der Waals surface area contributed by atoms with Gasteiger partial charge in [-0.1, -0.05) is 24.3 Å². The highest BCUT2D eigenvalue weighted by molar-refractivity contribution is 6.33. The smallest absolute Gasteiger partial charge is 0.255 e. The molecule has 0 bridgehead atoms. The van der Waals surface area contributed by atoms with E-state index in [9.17, 15) is 24.6 Å². The van der Waals surface area contributed by atoms with Gasteiger partial charge in [-0.05, 0) is 13.0 Å². The number of hydrogen-bond acceptors (Lipinski definition) is 7. The third kappa shape index (κ3) is 2.39. The highest BCUT2D eigenvalue weighted by Crippen LogP contribution is 2.45. The Balaban J connectivity index is 1.67. The number of hydrogen-bond donors (Lipinski definition) is 4. The number of rotatable bonds is 2. The molecule has 146 valence electrons. The number of amides is 1. The van der Waals surface area contributed by atoms with Gasteiger partial charge < -0.3 is 25.3 Å². The third-order valence-electron chi connectivity index (χ3n) is 5.48. The second-order valence-electron chi connectivity index (χ2n) is 7.17. The van der Waals surface area contributed by atoms with E-state index in [2.05, 4.69) is 10.6 Å². The van der Waals surface area contributed by atoms with Crippen LogP contribution in [0.25, 0.3) is 10.8 Å². The molecule has 1 amide bonds. The first-order chi connectivity index (χ1) is 14.0. The summed E-state index contributed by atoms with van der Waals surface area (Å²) in [5.74, 6) is -3.16. The zero-order valence-electron chi connectivity index (χ0n) is 15.1. The summed E-state index contributed by atoms with van der Waals surface area (Å²) in [7, 11) is 0. The minimum Gasteiger partial charge on any atom is -0.506 e. The Morgan fingerprint density at radius 2 is 1.69 bits per heavy atom. The lowest BCUT2D eigenvalue weighted by atomic mass is 9.83. The number of aromatic hydroxyl groups is 2. The lowest BCUT2D eigenvalue weighted by Crippen LogP contribution is -2.37. The number of ketones is 2. The van der Waals surface area contributed by atoms with E-state index in [0.29, 0.717) is 6.54 Å². The number of furan rings is 1. The third-order valence-corrected chi connectivity index (χ3v) is 5.48. The Labute approximate surface area is 164 Å². The molecule has 2 heterocycles. The van der Waals surface area contributed by atoms with Crippen molar-refractivity contribution in [2.45, 2.75) is 12.5 Å². The van der Waals surface area contributed by atoms with E-state index < -0.39 is 29.0 Å². The van der Waals surface area contributed by atoms with E-state index >= 15 is 0 Å². The molecule has 1 aliphatic heterocycles. The van der Waals surface area contributed by atoms with Crippen molar-refractivity contribution in [2.24, 2.45) is 0 Å². The molecule has 1 atom stereocenters. The van der Waals surface area contributed by atoms with Gasteiger partial charge in [0.15, 0.2) is 5.76 Å². The molecule has 1 saturated heterocycles. The summed E-state index contributed by atoms with van der Waals surface area (Å²) in [6, 6.07) is 6.27. The fourth-order valence-electron chi connectivity index (χ4n) is 4.04. The van der Waals surface area contributed by atoms with Gasteiger partial charge in [-0.2, -0.15) is 0 Å². The standard InChI is InChI=1S/C21H16N2O6/c24-16-10-3-1-2-4-11(10)17(25)15-14(16)18(26)13-12(8-29-20(13)19(15)27)21(28)23-9-5-6-22-7-9/h1-4,8-9,22,24-25H,5-7H2,(H,23,28). The van der Waals surface area contributed by atoms with Crippen molar-refractivity contribution in [2.75, 3.05) is 13.1 Å². The Hall–Kier alpha value is -3.65. The van der Waals surface area contributed by atoms with E-state index in [1.807, 2.05) is 0 Å². The van der Waals surface area contributed by atoms with Crippen LogP contribution in [0.1, 0.15) is 48.8 Å². The van der Waals surface area contributed by atoms with Gasteiger partial charge in [-0.3, -0.25) is 14.4 Å². The van der Waals surface area contributed by atoms with Crippen molar-refractivity contribution in [3.8, 4) is 11.5 Å². The molecule has 1 aromatic heterocycles. The number of carbonyl (C=O) groups excluding carboxylic acids is 3. The van der Waals surface area contributed by atoms with Crippen LogP contribution < -0.4 is 10.6 Å². The number of phenolic OH excluding ortho intramolecular Hbond substituents is 2. The van der Waals surface area contributed by atoms with Crippen LogP contribution in [-0.2, 0) is 0 Å². The van der Waals surface area contributed by atoms with Crippen LogP contribution in [0, 0.1) is 0 Å². The molecule has 8 nitrogen and oxygen atoms in total. The fraction of sp³-hybridized carbons (Fsp3) is 0.190. The number of nitrogens with one attached hydrogen (secondary N) is 2. The van der Waals surface area contributed by atoms with Crippen molar-refractivity contribution >= 4 is 28.2 Å². The summed E-state index contributed by atoms with van der Waals surface area (Å²) in [4.78, 5) is 38.9. The Bertz CT molecular complexity index is 1220. The van der Waals surface area contributed by atoms with Crippen LogP contribution in [0.4, 0.5) is 0 Å². The molecule has 3 aromatic rings. The second-order valence-corrected chi connectivity index (χ2v) is 7.17. The van der Waals surface area contributed by atoms with Gasteiger partial charge >= 0.3 is 0 Å². The van der Waals surface area contributed by atoms with Crippen LogP contribution in [0.15, 0.2) is 34.9 Å². The quantitative estimate of drug-likeness (QED) is 0.382. The Kier molecular flexibility index (Phi) is 3.72. The summed E-state index contributed by atoms with van der Waals surface area (Å²) >= 11 is 0. The summed E-state index contributed by atoms with van der Waals surface area (Å²) in [5, 5.41) is 27.7. The number of phenols is 2. The van der Waals surface area contributed by atoms with Crippen LogP contribution in [0.5, 0.6) is 11.5 Å². The molecule has 1 fully saturated rings. The summed E-state index contributed by atoms with van der Waals surface area (Å²) in [5.41, 5.74) is -0.907. The summed E-state index contributed by atoms with van der Waals surface area (Å²) < 4.78 is 5.28. The zero-order chi connectivity index (χ0) is 20.3. The van der Waals surface area contributed by atoms with Gasteiger partial charge in [0.25, 0.3) is 5.91 Å². The maximum Gasteiger partial charge on any atom is 0.255 e. The molecule has 0 radical (unpaired) electrons. The summed E-state index contributed by atoms with van der Waals surface area (Å²) in [6.45, 7) is 1.39. The molecule has 2 aliphatic rings. The zero-order valence-corrected chi connectivity index (χ0v) is 15.1. The minimum absolute atomic E-state index is 0.0667. The van der Waals surface area contributed by atoms with Gasteiger partial charge in [0.2, 0.25) is 11.6 Å². The van der Waals surface area contributed by atoms with Crippen molar-refractivity contribution in [3.63, 3.8) is 0 Å². The van der Waals surface area contributed by atoms with Gasteiger partial charge in [0.05, 0.1) is 22.3 Å². The van der Waals surface area contributed by atoms with Crippen molar-refractivity contribution in [1.29, 1.82) is 0 Å². The molecule has 2 aromatic carbocycles. The molecule has 4 N–H and O–H groups in total. The molecule has 1 unspecified atom stereocenters. The molecule has 1 aliphatic carbocycles. The van der Waals surface area contributed by atoms with Crippen LogP contribution in [0.2, 0.25) is 0 Å². The molecular weight excluding hydrogens is 376 g/mol. The van der Waals surface area contributed by atoms with E-state index in [-0.39, 0.29) is 44.8 Å². The Morgan fingerprint density at radius 3 is 2.31 bits per heavy atom. The second kappa shape index (κ2) is 6.18. The monoisotopic (exact) mass is 392 g/mol. The molecule has 29 heavy (non-hydrogen) atoms. The highest BCUT2D eigenvalue weighted by Gasteiger charge is 2.41. The number of fused-ring (bicyclic) bond motifs is 3. The van der Waals surface area contributed by atoms with Gasteiger partial charge in [-0.15, -0.1) is 0 Å². The number of carbonyl (C=O) groups is 3. The van der Waals surface area contributed by atoms with Crippen LogP contribution in [-0.4, -0.2) is 46.8 Å². The number of benzene rings is 2. The maximum absolute atomic E-state index is 13.2. The average Bonchev–Trinajstić information content (AvgIpc) is 3.39. The lowest BCUT2D eigenvalue weighted by molar-refractivity contribution is 0.0927. The first-order valence-electron chi connectivity index (χ1n) is 9.18. The maximum atomic E-state index is 13.2. The van der Waals surface area contributed by atoms with Gasteiger partial charge in [-0.25, -0.2) is 0 Å². The Morgan fingerprint density at radius 1 is 1.03 bits per heavy atom. The normalized spacial score (nSPS) is 18.0. The first kappa shape index (κ1) is 17.4. The van der Waals surface area contributed by atoms with E-state index in [0.717, 1.165) is 19.2 Å². The molecule has 0 spiro atoms. The van der Waals surface area contributed by atoms with E-state index in [1.165, 1.54) is 12.1 Å². The topological polar surface area (TPSA) is 129 Å². The van der Waals surface area contributed by atoms with Gasteiger partial charge in [0.1, 0.15) is 17.8 Å². The van der Waals surface area contributed by atoms with Crippen LogP contribution >= 0.6 is 0 Å². The molecular formula is C21H16N2O6. The van der Waals surface area contributed by atoms with E-state index in [4.69, 9.17) is 4.42 Å². The van der Waals surface area contributed by atoms with Crippen molar-refractivity contribution < 1.29 is 29.0 Å². The molecule has 0 saturated carbocycles. The molecule has 8 heteroatoms. The fourth-order valence-corrected chi connectivity index (χ4v) is 4.04. The van der Waals surface area contributed by atoms with Gasteiger partial charge in [0, 0.05) is 23.4 Å².